The zero-order valence-electron chi connectivity index (χ0n) is 12.0. The molecule has 1 aromatic rings. The van der Waals surface area contributed by atoms with E-state index >= 15 is 0 Å². The fourth-order valence-electron chi connectivity index (χ4n) is 2.54. The third-order valence-electron chi connectivity index (χ3n) is 3.74. The summed E-state index contributed by atoms with van der Waals surface area (Å²) in [4.78, 5) is 39.0. The van der Waals surface area contributed by atoms with Gasteiger partial charge in [-0.05, 0) is 12.1 Å². The fraction of sp³-hybridized carbons (Fsp3) is 0.500. The van der Waals surface area contributed by atoms with Crippen molar-refractivity contribution in [3.63, 3.8) is 0 Å². The molecule has 3 heterocycles. The van der Waals surface area contributed by atoms with Crippen molar-refractivity contribution in [3.05, 3.63) is 24.2 Å². The summed E-state index contributed by atoms with van der Waals surface area (Å²) in [6.07, 6.45) is 1.45. The Kier molecular flexibility index (Phi) is 4.10. The maximum absolute atomic E-state index is 12.3. The van der Waals surface area contributed by atoms with E-state index in [0.717, 1.165) is 4.90 Å². The van der Waals surface area contributed by atoms with Gasteiger partial charge < -0.3 is 19.4 Å². The highest BCUT2D eigenvalue weighted by Crippen LogP contribution is 2.15. The van der Waals surface area contributed by atoms with Crippen LogP contribution in [0.5, 0.6) is 0 Å². The van der Waals surface area contributed by atoms with Crippen LogP contribution in [-0.2, 0) is 20.9 Å². The van der Waals surface area contributed by atoms with Gasteiger partial charge in [-0.15, -0.1) is 0 Å². The topological polar surface area (TPSA) is 92.1 Å². The number of urea groups is 1. The van der Waals surface area contributed by atoms with Crippen molar-refractivity contribution in [2.24, 2.45) is 0 Å². The molecule has 4 amide bonds. The fourth-order valence-corrected chi connectivity index (χ4v) is 2.54. The number of imide groups is 1. The van der Waals surface area contributed by atoms with Crippen LogP contribution in [0.15, 0.2) is 22.8 Å². The van der Waals surface area contributed by atoms with Crippen LogP contribution in [0.2, 0.25) is 0 Å². The lowest BCUT2D eigenvalue weighted by Gasteiger charge is -2.27. The van der Waals surface area contributed by atoms with Crippen molar-refractivity contribution in [1.29, 1.82) is 0 Å². The molecule has 3 rings (SSSR count). The summed E-state index contributed by atoms with van der Waals surface area (Å²) in [5.74, 6) is -0.0338. The minimum atomic E-state index is -0.808. The Balaban J connectivity index is 1.59. The minimum absolute atomic E-state index is 0.0285. The quantitative estimate of drug-likeness (QED) is 0.787. The van der Waals surface area contributed by atoms with Crippen molar-refractivity contribution in [3.8, 4) is 0 Å². The number of hydrogen-bond donors (Lipinski definition) is 1. The normalized spacial score (nSPS) is 22.1. The molecule has 1 aromatic heterocycles. The van der Waals surface area contributed by atoms with Gasteiger partial charge in [0.25, 0.3) is 5.91 Å². The Bertz CT molecular complexity index is 565. The molecular formula is C14H17N3O5. The summed E-state index contributed by atoms with van der Waals surface area (Å²) in [7, 11) is 0. The summed E-state index contributed by atoms with van der Waals surface area (Å²) < 4.78 is 10.3. The first-order chi connectivity index (χ1) is 10.6. The second kappa shape index (κ2) is 6.18. The highest BCUT2D eigenvalue weighted by Gasteiger charge is 2.40. The summed E-state index contributed by atoms with van der Waals surface area (Å²) in [6, 6.07) is 2.07. The van der Waals surface area contributed by atoms with Crippen molar-refractivity contribution >= 4 is 17.8 Å². The number of hydrogen-bond acceptors (Lipinski definition) is 5. The van der Waals surface area contributed by atoms with Gasteiger partial charge in [-0.3, -0.25) is 14.5 Å². The molecule has 2 aliphatic rings. The number of carbonyl (C=O) groups excluding carboxylic acids is 3. The number of nitrogens with one attached hydrogen (secondary N) is 1. The third kappa shape index (κ3) is 2.96. The molecular weight excluding hydrogens is 290 g/mol. The lowest BCUT2D eigenvalue weighted by atomic mass is 10.2. The molecule has 0 unspecified atom stereocenters. The first-order valence-electron chi connectivity index (χ1n) is 7.15. The third-order valence-corrected chi connectivity index (χ3v) is 3.74. The zero-order chi connectivity index (χ0) is 15.5. The highest BCUT2D eigenvalue weighted by molar-refractivity contribution is 6.05. The summed E-state index contributed by atoms with van der Waals surface area (Å²) >= 11 is 0. The van der Waals surface area contributed by atoms with Crippen molar-refractivity contribution in [1.82, 2.24) is 15.1 Å². The molecule has 22 heavy (non-hydrogen) atoms. The van der Waals surface area contributed by atoms with Crippen LogP contribution in [0.4, 0.5) is 4.79 Å². The molecule has 1 atom stereocenters. The van der Waals surface area contributed by atoms with E-state index in [0.29, 0.717) is 32.1 Å². The van der Waals surface area contributed by atoms with E-state index in [2.05, 4.69) is 5.32 Å². The highest BCUT2D eigenvalue weighted by atomic mass is 16.5. The molecule has 0 saturated carbocycles. The molecule has 2 aliphatic heterocycles. The average Bonchev–Trinajstić information content (AvgIpc) is 3.13. The van der Waals surface area contributed by atoms with E-state index < -0.39 is 18.0 Å². The van der Waals surface area contributed by atoms with Crippen LogP contribution in [0.3, 0.4) is 0 Å². The molecule has 0 radical (unpaired) electrons. The van der Waals surface area contributed by atoms with Gasteiger partial charge in [-0.2, -0.15) is 0 Å². The van der Waals surface area contributed by atoms with E-state index in [-0.39, 0.29) is 18.9 Å². The van der Waals surface area contributed by atoms with Gasteiger partial charge in [0.05, 0.1) is 32.4 Å². The second-order valence-corrected chi connectivity index (χ2v) is 5.20. The summed E-state index contributed by atoms with van der Waals surface area (Å²) in [5, 5.41) is 2.55. The van der Waals surface area contributed by atoms with E-state index in [1.54, 1.807) is 17.0 Å². The predicted octanol–water partition coefficient (Wildman–Crippen LogP) is -0.0511. The molecule has 2 saturated heterocycles. The predicted molar refractivity (Wildman–Crippen MR) is 73.6 cm³/mol. The monoisotopic (exact) mass is 307 g/mol. The SMILES string of the molecule is O=C(C[C@@H]1NC(=O)N(Cc2ccco2)C1=O)N1CCOCC1. The number of ether oxygens (including phenoxy) is 1. The van der Waals surface area contributed by atoms with Gasteiger partial charge in [0, 0.05) is 13.1 Å². The van der Waals surface area contributed by atoms with Crippen LogP contribution >= 0.6 is 0 Å². The molecule has 0 spiro atoms. The van der Waals surface area contributed by atoms with Crippen LogP contribution in [0, 0.1) is 0 Å². The Hall–Kier alpha value is -2.35. The van der Waals surface area contributed by atoms with Gasteiger partial charge in [0.15, 0.2) is 0 Å². The van der Waals surface area contributed by atoms with Gasteiger partial charge >= 0.3 is 6.03 Å². The lowest BCUT2D eigenvalue weighted by molar-refractivity contribution is -0.138. The average molecular weight is 307 g/mol. The summed E-state index contributed by atoms with van der Waals surface area (Å²) in [6.45, 7) is 2.11. The molecule has 0 aromatic carbocycles. The van der Waals surface area contributed by atoms with Crippen molar-refractivity contribution < 1.29 is 23.5 Å². The van der Waals surface area contributed by atoms with E-state index in [1.807, 2.05) is 0 Å². The maximum atomic E-state index is 12.3. The van der Waals surface area contributed by atoms with Gasteiger partial charge in [0.1, 0.15) is 11.8 Å². The van der Waals surface area contributed by atoms with Gasteiger partial charge in [-0.25, -0.2) is 4.79 Å². The van der Waals surface area contributed by atoms with Crippen LogP contribution in [0.1, 0.15) is 12.2 Å². The first kappa shape index (κ1) is 14.6. The standard InChI is InChI=1S/C14H17N3O5/c18-12(16-3-6-21-7-4-16)8-11-13(19)17(14(20)15-11)9-10-2-1-5-22-10/h1-2,5,11H,3-4,6-9H2,(H,15,20)/t11-/m0/s1. The Morgan fingerprint density at radius 2 is 2.09 bits per heavy atom. The number of carbonyl (C=O) groups is 3. The van der Waals surface area contributed by atoms with E-state index in [4.69, 9.17) is 9.15 Å². The van der Waals surface area contributed by atoms with Gasteiger partial charge in [0.2, 0.25) is 5.91 Å². The number of nitrogens with zero attached hydrogens (tertiary/aromatic N) is 2. The van der Waals surface area contributed by atoms with Crippen molar-refractivity contribution in [2.75, 3.05) is 26.3 Å². The molecule has 0 aliphatic carbocycles. The van der Waals surface area contributed by atoms with Crippen LogP contribution < -0.4 is 5.32 Å². The van der Waals surface area contributed by atoms with E-state index in [1.165, 1.54) is 6.26 Å². The number of furan rings is 1. The Labute approximate surface area is 127 Å². The Morgan fingerprint density at radius 1 is 1.32 bits per heavy atom. The first-order valence-corrected chi connectivity index (χ1v) is 7.15. The Morgan fingerprint density at radius 3 is 2.77 bits per heavy atom. The van der Waals surface area contributed by atoms with Crippen molar-refractivity contribution in [2.45, 2.75) is 19.0 Å². The van der Waals surface area contributed by atoms with Crippen LogP contribution in [-0.4, -0.2) is 60.0 Å². The minimum Gasteiger partial charge on any atom is -0.467 e. The molecule has 8 nitrogen and oxygen atoms in total. The number of amides is 4. The molecule has 118 valence electrons. The smallest absolute Gasteiger partial charge is 0.325 e. The zero-order valence-corrected chi connectivity index (χ0v) is 12.0. The molecule has 2 fully saturated rings. The number of rotatable bonds is 4. The lowest BCUT2D eigenvalue weighted by Crippen LogP contribution is -2.44. The largest absolute Gasteiger partial charge is 0.467 e. The molecule has 1 N–H and O–H groups in total. The van der Waals surface area contributed by atoms with Gasteiger partial charge in [-0.1, -0.05) is 0 Å². The summed E-state index contributed by atoms with van der Waals surface area (Å²) in [5.41, 5.74) is 0. The molecule has 0 bridgehead atoms. The molecule has 8 heteroatoms. The second-order valence-electron chi connectivity index (χ2n) is 5.20. The van der Waals surface area contributed by atoms with E-state index in [9.17, 15) is 14.4 Å². The van der Waals surface area contributed by atoms with Crippen LogP contribution in [0.25, 0.3) is 0 Å². The number of morpholine rings is 1. The maximum Gasteiger partial charge on any atom is 0.325 e.